The molecule has 0 bridgehead atoms. The summed E-state index contributed by atoms with van der Waals surface area (Å²) in [5.74, 6) is 1.04. The molecule has 0 fully saturated rings. The summed E-state index contributed by atoms with van der Waals surface area (Å²) in [6.07, 6.45) is 0. The molecule has 0 saturated heterocycles. The summed E-state index contributed by atoms with van der Waals surface area (Å²) in [4.78, 5) is -0.0666. The number of aromatic nitrogens is 1. The summed E-state index contributed by atoms with van der Waals surface area (Å²) < 4.78 is 37.5. The van der Waals surface area contributed by atoms with Gasteiger partial charge in [0, 0.05) is 11.8 Å². The van der Waals surface area contributed by atoms with E-state index in [1.165, 1.54) is 17.6 Å². The van der Waals surface area contributed by atoms with Crippen molar-refractivity contribution < 1.29 is 22.0 Å². The molecule has 0 aliphatic rings. The number of fused-ring (bicyclic) bond motifs is 1. The Kier molecular flexibility index (Phi) is 6.64. The van der Waals surface area contributed by atoms with Gasteiger partial charge in [-0.25, -0.2) is 0 Å². The molecule has 0 saturated carbocycles. The van der Waals surface area contributed by atoms with Gasteiger partial charge in [-0.3, -0.25) is 4.55 Å². The van der Waals surface area contributed by atoms with E-state index < -0.39 is 10.1 Å². The maximum atomic E-state index is 10.5. The number of hydrogen-bond acceptors (Lipinski definition) is 4. The molecule has 1 N–H and O–H groups in total. The van der Waals surface area contributed by atoms with E-state index >= 15 is 0 Å². The van der Waals surface area contributed by atoms with Crippen molar-refractivity contribution in [2.24, 2.45) is 0 Å². The lowest BCUT2D eigenvalue weighted by molar-refractivity contribution is -0.713. The second-order valence-electron chi connectivity index (χ2n) is 5.30. The van der Waals surface area contributed by atoms with Gasteiger partial charge in [0.1, 0.15) is 0 Å². The monoisotopic (exact) mass is 380 g/mol. The van der Waals surface area contributed by atoms with E-state index in [0.717, 1.165) is 28.7 Å². The lowest BCUT2D eigenvalue weighted by Gasteiger charge is -1.95. The van der Waals surface area contributed by atoms with Crippen molar-refractivity contribution in [2.75, 3.05) is 5.75 Å². The van der Waals surface area contributed by atoms with Crippen LogP contribution in [-0.2, 0) is 16.7 Å². The summed E-state index contributed by atoms with van der Waals surface area (Å²) in [7, 11) is -4.02. The quantitative estimate of drug-likeness (QED) is 0.419. The minimum Gasteiger partial charge on any atom is -0.393 e. The second kappa shape index (κ2) is 8.51. The fourth-order valence-corrected chi connectivity index (χ4v) is 3.51. The number of para-hydroxylation sites is 2. The first kappa shape index (κ1) is 19.5. The lowest BCUT2D eigenvalue weighted by Crippen LogP contribution is -2.32. The smallest absolute Gasteiger partial charge is 0.393 e. The van der Waals surface area contributed by atoms with E-state index in [0.29, 0.717) is 0 Å². The average molecular weight is 381 g/mol. The van der Waals surface area contributed by atoms with Crippen LogP contribution in [-0.4, -0.2) is 18.7 Å². The number of benzene rings is 2. The van der Waals surface area contributed by atoms with Gasteiger partial charge in [0.05, 0.1) is 4.90 Å². The third-order valence-electron chi connectivity index (χ3n) is 3.48. The average Bonchev–Trinajstić information content (AvgIpc) is 2.92. The van der Waals surface area contributed by atoms with Crippen LogP contribution in [0.2, 0.25) is 0 Å². The first-order valence-electron chi connectivity index (χ1n) is 7.95. The molecule has 5 nitrogen and oxygen atoms in total. The maximum absolute atomic E-state index is 10.5. The zero-order chi connectivity index (χ0) is 18.4. The van der Waals surface area contributed by atoms with Gasteiger partial charge in [0.25, 0.3) is 15.6 Å². The minimum absolute atomic E-state index is 0.0666. The van der Waals surface area contributed by atoms with Gasteiger partial charge in [0.2, 0.25) is 5.58 Å². The first-order valence-corrected chi connectivity index (χ1v) is 10.4. The highest BCUT2D eigenvalue weighted by Gasteiger charge is 2.19. The van der Waals surface area contributed by atoms with E-state index in [1.54, 1.807) is 23.9 Å². The molecule has 25 heavy (non-hydrogen) atoms. The molecule has 0 spiro atoms. The van der Waals surface area contributed by atoms with E-state index in [-0.39, 0.29) is 4.90 Å². The highest BCUT2D eigenvalue weighted by atomic mass is 32.2. The van der Waals surface area contributed by atoms with Crippen molar-refractivity contribution in [1.82, 2.24) is 0 Å². The van der Waals surface area contributed by atoms with Crippen LogP contribution in [0.5, 0.6) is 0 Å². The Hall–Kier alpha value is -1.83. The fraction of sp³-hybridized carbons (Fsp3) is 0.278. The minimum atomic E-state index is -4.02. The number of hydrogen-bond donors (Lipinski definition) is 1. The summed E-state index contributed by atoms with van der Waals surface area (Å²) in [5, 5.41) is 1.01. The van der Waals surface area contributed by atoms with Crippen molar-refractivity contribution in [1.29, 1.82) is 0 Å². The van der Waals surface area contributed by atoms with Gasteiger partial charge < -0.3 is 4.42 Å². The van der Waals surface area contributed by atoms with Gasteiger partial charge in [-0.2, -0.15) is 13.0 Å². The first-order chi connectivity index (χ1) is 11.9. The molecule has 7 heteroatoms. The highest BCUT2D eigenvalue weighted by Crippen LogP contribution is 2.21. The maximum Gasteiger partial charge on any atom is 0.412 e. The summed E-state index contributed by atoms with van der Waals surface area (Å²) >= 11 is 1.75. The SMILES string of the molecule is CCSc1oc2ccccc2[n+]1CC.Cc1ccc(S(=O)(=O)O)cc1. The molecule has 1 aromatic heterocycles. The van der Waals surface area contributed by atoms with Crippen LogP contribution >= 0.6 is 11.8 Å². The number of thioether (sulfide) groups is 1. The molecule has 0 radical (unpaired) electrons. The van der Waals surface area contributed by atoms with E-state index in [1.807, 2.05) is 25.1 Å². The van der Waals surface area contributed by atoms with E-state index in [2.05, 4.69) is 24.5 Å². The zero-order valence-corrected chi connectivity index (χ0v) is 16.1. The topological polar surface area (TPSA) is 71.4 Å². The van der Waals surface area contributed by atoms with Crippen LogP contribution in [0.4, 0.5) is 0 Å². The summed E-state index contributed by atoms with van der Waals surface area (Å²) in [6, 6.07) is 14.2. The summed E-state index contributed by atoms with van der Waals surface area (Å²) in [5.41, 5.74) is 3.12. The van der Waals surface area contributed by atoms with Gasteiger partial charge in [0.15, 0.2) is 6.54 Å². The Morgan fingerprint density at radius 3 is 2.28 bits per heavy atom. The molecule has 2 aromatic carbocycles. The second-order valence-corrected chi connectivity index (χ2v) is 7.94. The van der Waals surface area contributed by atoms with Gasteiger partial charge in [-0.05, 0) is 43.8 Å². The molecule has 0 aliphatic carbocycles. The van der Waals surface area contributed by atoms with Crippen molar-refractivity contribution in [2.45, 2.75) is 37.4 Å². The molecule has 3 aromatic rings. The zero-order valence-electron chi connectivity index (χ0n) is 14.5. The standard InChI is InChI=1S/C11H14NOS.C7H8O3S/c1-3-12-9-7-5-6-8-10(9)13-11(12)14-4-2;1-6-2-4-7(5-3-6)11(8,9)10/h5-8H,3-4H2,1-2H3;2-5H,1H3,(H,8,9,10)/q+1;. The third kappa shape index (κ3) is 5.07. The lowest BCUT2D eigenvalue weighted by atomic mass is 10.2. The van der Waals surface area contributed by atoms with Crippen LogP contribution in [0.15, 0.2) is 63.1 Å². The number of nitrogens with zero attached hydrogens (tertiary/aromatic N) is 1. The van der Waals surface area contributed by atoms with Gasteiger partial charge >= 0.3 is 5.22 Å². The van der Waals surface area contributed by atoms with E-state index in [9.17, 15) is 8.42 Å². The summed E-state index contributed by atoms with van der Waals surface area (Å²) in [6.45, 7) is 7.08. The molecule has 0 amide bonds. The van der Waals surface area contributed by atoms with Crippen molar-refractivity contribution >= 4 is 33.0 Å². The molecule has 1 heterocycles. The van der Waals surface area contributed by atoms with Gasteiger partial charge in [-0.15, -0.1) is 0 Å². The van der Waals surface area contributed by atoms with Crippen LogP contribution in [0.1, 0.15) is 19.4 Å². The Morgan fingerprint density at radius 2 is 1.72 bits per heavy atom. The molecular formula is C18H22NO4S2+. The largest absolute Gasteiger partial charge is 0.412 e. The van der Waals surface area contributed by atoms with Crippen molar-refractivity contribution in [3.05, 3.63) is 54.1 Å². The Bertz CT molecular complexity index is 931. The Morgan fingerprint density at radius 1 is 1.08 bits per heavy atom. The Labute approximate surface area is 152 Å². The van der Waals surface area contributed by atoms with Crippen LogP contribution < -0.4 is 4.57 Å². The highest BCUT2D eigenvalue weighted by molar-refractivity contribution is 7.98. The van der Waals surface area contributed by atoms with Crippen LogP contribution in [0, 0.1) is 6.92 Å². The Balaban J connectivity index is 0.000000186. The van der Waals surface area contributed by atoms with Gasteiger partial charge in [-0.1, -0.05) is 36.8 Å². The number of rotatable bonds is 4. The molecule has 0 unspecified atom stereocenters. The van der Waals surface area contributed by atoms with Crippen LogP contribution in [0.25, 0.3) is 11.1 Å². The molecule has 0 aliphatic heterocycles. The fourth-order valence-electron chi connectivity index (χ4n) is 2.25. The number of aryl methyl sites for hydroxylation is 2. The number of oxazole rings is 1. The van der Waals surface area contributed by atoms with Crippen molar-refractivity contribution in [3.8, 4) is 0 Å². The van der Waals surface area contributed by atoms with Crippen LogP contribution in [0.3, 0.4) is 0 Å². The molecule has 134 valence electrons. The normalized spacial score (nSPS) is 11.2. The van der Waals surface area contributed by atoms with E-state index in [4.69, 9.17) is 8.97 Å². The van der Waals surface area contributed by atoms with Crippen molar-refractivity contribution in [3.63, 3.8) is 0 Å². The third-order valence-corrected chi connectivity index (χ3v) is 5.18. The predicted molar refractivity (Wildman–Crippen MR) is 99.5 cm³/mol. The predicted octanol–water partition coefficient (Wildman–Crippen LogP) is 4.09. The molecular weight excluding hydrogens is 358 g/mol. The molecule has 3 rings (SSSR count). The molecule has 0 atom stereocenters.